The molecule has 128 valence electrons. The van der Waals surface area contributed by atoms with Crippen LogP contribution in [-0.2, 0) is 16.0 Å². The van der Waals surface area contributed by atoms with Crippen LogP contribution in [0.4, 0.5) is 0 Å². The van der Waals surface area contributed by atoms with E-state index in [4.69, 9.17) is 27.9 Å². The second-order valence-corrected chi connectivity index (χ2v) is 6.33. The standard InChI is InChI=1S/C18H15Cl2N3O2/c19-14-3-4-15(20)13(6-14)7-17(25-11-24)18(16-9-22-10-23-16)12-2-1-5-21-8-12/h1-6,8-11,17-18H,7H2,(H,22,23). The first kappa shape index (κ1) is 17.5. The van der Waals surface area contributed by atoms with Gasteiger partial charge in [-0.3, -0.25) is 9.78 Å². The SMILES string of the molecule is O=COC(Cc1cc(Cl)ccc1Cl)C(c1cccnc1)c1cnc[nH]1. The van der Waals surface area contributed by atoms with Gasteiger partial charge in [-0.1, -0.05) is 29.3 Å². The first-order valence-electron chi connectivity index (χ1n) is 7.60. The molecular formula is C18H15Cl2N3O2. The first-order valence-corrected chi connectivity index (χ1v) is 8.36. The van der Waals surface area contributed by atoms with Crippen molar-refractivity contribution in [3.8, 4) is 0 Å². The first-order chi connectivity index (χ1) is 12.2. The zero-order valence-electron chi connectivity index (χ0n) is 13.1. The quantitative estimate of drug-likeness (QED) is 0.633. The smallest absolute Gasteiger partial charge is 0.293 e. The fraction of sp³-hybridized carbons (Fsp3) is 0.167. The number of halogens is 2. The molecule has 2 atom stereocenters. The van der Waals surface area contributed by atoms with Crippen LogP contribution in [0, 0.1) is 0 Å². The molecule has 5 nitrogen and oxygen atoms in total. The molecule has 0 aliphatic rings. The van der Waals surface area contributed by atoms with Crippen LogP contribution in [-0.4, -0.2) is 27.5 Å². The number of carbonyl (C=O) groups is 1. The van der Waals surface area contributed by atoms with Crippen molar-refractivity contribution in [2.24, 2.45) is 0 Å². The lowest BCUT2D eigenvalue weighted by molar-refractivity contribution is -0.134. The van der Waals surface area contributed by atoms with Crippen LogP contribution in [0.5, 0.6) is 0 Å². The Morgan fingerprint density at radius 1 is 1.20 bits per heavy atom. The topological polar surface area (TPSA) is 67.9 Å². The number of hydrogen-bond donors (Lipinski definition) is 1. The average Bonchev–Trinajstić information content (AvgIpc) is 3.14. The Morgan fingerprint density at radius 3 is 2.76 bits per heavy atom. The highest BCUT2D eigenvalue weighted by Gasteiger charge is 2.29. The fourth-order valence-corrected chi connectivity index (χ4v) is 3.21. The zero-order chi connectivity index (χ0) is 17.6. The molecule has 0 aliphatic carbocycles. The molecule has 7 heteroatoms. The van der Waals surface area contributed by atoms with Gasteiger partial charge in [-0.2, -0.15) is 0 Å². The normalized spacial score (nSPS) is 13.2. The highest BCUT2D eigenvalue weighted by molar-refractivity contribution is 6.33. The predicted octanol–water partition coefficient (Wildman–Crippen LogP) is 4.03. The van der Waals surface area contributed by atoms with Crippen molar-refractivity contribution in [2.75, 3.05) is 0 Å². The lowest BCUT2D eigenvalue weighted by atomic mass is 9.88. The van der Waals surface area contributed by atoms with Crippen LogP contribution >= 0.6 is 23.2 Å². The summed E-state index contributed by atoms with van der Waals surface area (Å²) in [6, 6.07) is 8.99. The van der Waals surface area contributed by atoms with Gasteiger partial charge < -0.3 is 9.72 Å². The number of rotatable bonds is 7. The number of pyridine rings is 1. The van der Waals surface area contributed by atoms with E-state index in [0.29, 0.717) is 22.9 Å². The summed E-state index contributed by atoms with van der Waals surface area (Å²) in [5.74, 6) is -0.267. The summed E-state index contributed by atoms with van der Waals surface area (Å²) in [7, 11) is 0. The lowest BCUT2D eigenvalue weighted by Crippen LogP contribution is -2.26. The summed E-state index contributed by atoms with van der Waals surface area (Å²) in [6.45, 7) is 0.447. The number of benzene rings is 1. The van der Waals surface area contributed by atoms with Gasteiger partial charge in [0.2, 0.25) is 0 Å². The van der Waals surface area contributed by atoms with Crippen LogP contribution in [0.1, 0.15) is 22.7 Å². The van der Waals surface area contributed by atoms with Crippen LogP contribution in [0.15, 0.2) is 55.2 Å². The highest BCUT2D eigenvalue weighted by atomic mass is 35.5. The van der Waals surface area contributed by atoms with Crippen molar-refractivity contribution in [2.45, 2.75) is 18.4 Å². The number of ether oxygens (including phenoxy) is 1. The Bertz CT molecular complexity index is 826. The third-order valence-corrected chi connectivity index (χ3v) is 4.53. The third-order valence-electron chi connectivity index (χ3n) is 3.93. The minimum Gasteiger partial charge on any atom is -0.463 e. The molecule has 0 spiro atoms. The summed E-state index contributed by atoms with van der Waals surface area (Å²) in [5, 5.41) is 1.14. The number of H-pyrrole nitrogens is 1. The summed E-state index contributed by atoms with van der Waals surface area (Å²) < 4.78 is 5.42. The molecule has 0 radical (unpaired) electrons. The van der Waals surface area contributed by atoms with Crippen molar-refractivity contribution in [3.63, 3.8) is 0 Å². The molecule has 0 saturated carbocycles. The molecule has 0 bridgehead atoms. The van der Waals surface area contributed by atoms with Gasteiger partial charge in [0, 0.05) is 40.8 Å². The molecule has 2 unspecified atom stereocenters. The van der Waals surface area contributed by atoms with E-state index in [9.17, 15) is 4.79 Å². The maximum atomic E-state index is 11.1. The summed E-state index contributed by atoms with van der Waals surface area (Å²) in [5.41, 5.74) is 2.52. The molecule has 2 heterocycles. The molecule has 0 aliphatic heterocycles. The number of nitrogens with one attached hydrogen (secondary N) is 1. The Hall–Kier alpha value is -2.37. The second kappa shape index (κ2) is 8.14. The van der Waals surface area contributed by atoms with E-state index >= 15 is 0 Å². The summed E-state index contributed by atoms with van der Waals surface area (Å²) in [4.78, 5) is 22.5. The number of carbonyl (C=O) groups excluding carboxylic acids is 1. The van der Waals surface area contributed by atoms with Gasteiger partial charge in [-0.25, -0.2) is 4.98 Å². The number of nitrogens with zero attached hydrogens (tertiary/aromatic N) is 2. The van der Waals surface area contributed by atoms with Crippen LogP contribution in [0.2, 0.25) is 10.0 Å². The van der Waals surface area contributed by atoms with Gasteiger partial charge in [0.25, 0.3) is 6.47 Å². The van der Waals surface area contributed by atoms with Crippen LogP contribution in [0.3, 0.4) is 0 Å². The number of hydrogen-bond acceptors (Lipinski definition) is 4. The minimum absolute atomic E-state index is 0.267. The Kier molecular flexibility index (Phi) is 5.68. The van der Waals surface area contributed by atoms with Gasteiger partial charge in [0.15, 0.2) is 0 Å². The van der Waals surface area contributed by atoms with Gasteiger partial charge in [-0.15, -0.1) is 0 Å². The van der Waals surface area contributed by atoms with Crippen LogP contribution < -0.4 is 0 Å². The van der Waals surface area contributed by atoms with Crippen molar-refractivity contribution in [1.82, 2.24) is 15.0 Å². The monoisotopic (exact) mass is 375 g/mol. The maximum Gasteiger partial charge on any atom is 0.293 e. The number of imidazole rings is 1. The molecule has 3 rings (SSSR count). The fourth-order valence-electron chi connectivity index (χ4n) is 2.82. The summed E-state index contributed by atoms with van der Waals surface area (Å²) >= 11 is 12.4. The molecule has 3 aromatic rings. The number of aromatic nitrogens is 3. The van der Waals surface area contributed by atoms with E-state index < -0.39 is 6.10 Å². The molecular weight excluding hydrogens is 361 g/mol. The van der Waals surface area contributed by atoms with E-state index in [1.165, 1.54) is 0 Å². The van der Waals surface area contributed by atoms with Gasteiger partial charge in [0.1, 0.15) is 6.10 Å². The molecule has 0 amide bonds. The molecule has 1 aromatic carbocycles. The van der Waals surface area contributed by atoms with Gasteiger partial charge >= 0.3 is 0 Å². The van der Waals surface area contributed by atoms with E-state index in [-0.39, 0.29) is 5.92 Å². The van der Waals surface area contributed by atoms with E-state index in [1.807, 2.05) is 12.1 Å². The second-order valence-electron chi connectivity index (χ2n) is 5.48. The van der Waals surface area contributed by atoms with Crippen molar-refractivity contribution >= 4 is 29.7 Å². The Labute approximate surface area is 155 Å². The Morgan fingerprint density at radius 2 is 2.08 bits per heavy atom. The van der Waals surface area contributed by atoms with Gasteiger partial charge in [-0.05, 0) is 35.4 Å². The molecule has 0 saturated heterocycles. The minimum atomic E-state index is -0.502. The van der Waals surface area contributed by atoms with E-state index in [2.05, 4.69) is 15.0 Å². The van der Waals surface area contributed by atoms with Gasteiger partial charge in [0.05, 0.1) is 12.2 Å². The number of aromatic amines is 1. The van der Waals surface area contributed by atoms with Crippen molar-refractivity contribution in [3.05, 3.63) is 82.1 Å². The van der Waals surface area contributed by atoms with E-state index in [0.717, 1.165) is 16.8 Å². The molecule has 25 heavy (non-hydrogen) atoms. The third kappa shape index (κ3) is 4.18. The van der Waals surface area contributed by atoms with Crippen molar-refractivity contribution < 1.29 is 9.53 Å². The maximum absolute atomic E-state index is 11.1. The zero-order valence-corrected chi connectivity index (χ0v) is 14.6. The summed E-state index contributed by atoms with van der Waals surface area (Å²) in [6.07, 6.45) is 6.62. The predicted molar refractivity (Wildman–Crippen MR) is 95.8 cm³/mol. The van der Waals surface area contributed by atoms with Crippen molar-refractivity contribution in [1.29, 1.82) is 0 Å². The molecule has 2 aromatic heterocycles. The lowest BCUT2D eigenvalue weighted by Gasteiger charge is -2.25. The molecule has 1 N–H and O–H groups in total. The van der Waals surface area contributed by atoms with Crippen LogP contribution in [0.25, 0.3) is 0 Å². The largest absolute Gasteiger partial charge is 0.463 e. The van der Waals surface area contributed by atoms with E-state index in [1.54, 1.807) is 43.1 Å². The molecule has 0 fully saturated rings. The highest BCUT2D eigenvalue weighted by Crippen LogP contribution is 2.32. The average molecular weight is 376 g/mol. The Balaban J connectivity index is 2.00.